The molecule has 1 fully saturated rings. The van der Waals surface area contributed by atoms with Gasteiger partial charge in [-0.3, -0.25) is 14.4 Å². The van der Waals surface area contributed by atoms with E-state index in [1.807, 2.05) is 0 Å². The zero-order chi connectivity index (χ0) is 20.1. The van der Waals surface area contributed by atoms with Crippen molar-refractivity contribution in [3.05, 3.63) is 59.0 Å². The maximum absolute atomic E-state index is 12.7. The van der Waals surface area contributed by atoms with Crippen molar-refractivity contribution in [2.24, 2.45) is 0 Å². The Labute approximate surface area is 165 Å². The molecular weight excluding hydrogens is 382 g/mol. The zero-order valence-corrected chi connectivity index (χ0v) is 15.8. The van der Waals surface area contributed by atoms with Crippen LogP contribution in [0.15, 0.2) is 53.4 Å². The van der Waals surface area contributed by atoms with Gasteiger partial charge in [0.1, 0.15) is 11.5 Å². The van der Waals surface area contributed by atoms with Gasteiger partial charge in [-0.15, -0.1) is 0 Å². The van der Waals surface area contributed by atoms with Crippen LogP contribution in [0.4, 0.5) is 10.5 Å². The molecule has 144 valence electrons. The van der Waals surface area contributed by atoms with Crippen LogP contribution in [0.3, 0.4) is 0 Å². The van der Waals surface area contributed by atoms with Gasteiger partial charge in [0.15, 0.2) is 0 Å². The number of anilines is 1. The summed E-state index contributed by atoms with van der Waals surface area (Å²) in [7, 11) is 1.48. The standard InChI is InChI=1S/C20H17NO6S/c1-26-16-5-3-2-4-15(16)21-19(24)17(28-20(21)25)12-13-6-8-14(9-7-13)27-11-10-18(22)23/h2-9,12H,10-11H2,1H3,(H,22,23)/b17-12+. The van der Waals surface area contributed by atoms with Gasteiger partial charge in [0.25, 0.3) is 11.1 Å². The summed E-state index contributed by atoms with van der Waals surface area (Å²) in [6.45, 7) is 0.0759. The molecule has 2 aromatic carbocycles. The fourth-order valence-electron chi connectivity index (χ4n) is 2.56. The third-order valence-electron chi connectivity index (χ3n) is 3.88. The van der Waals surface area contributed by atoms with Gasteiger partial charge in [-0.05, 0) is 47.7 Å². The van der Waals surface area contributed by atoms with Gasteiger partial charge in [0.05, 0.1) is 30.7 Å². The van der Waals surface area contributed by atoms with E-state index in [1.165, 1.54) is 7.11 Å². The van der Waals surface area contributed by atoms with Gasteiger partial charge < -0.3 is 14.6 Å². The number of hydrogen-bond acceptors (Lipinski definition) is 6. The van der Waals surface area contributed by atoms with E-state index >= 15 is 0 Å². The van der Waals surface area contributed by atoms with Crippen LogP contribution in [0.2, 0.25) is 0 Å². The predicted molar refractivity (Wildman–Crippen MR) is 106 cm³/mol. The van der Waals surface area contributed by atoms with Gasteiger partial charge in [-0.1, -0.05) is 24.3 Å². The molecule has 0 spiro atoms. The van der Waals surface area contributed by atoms with Crippen LogP contribution in [0, 0.1) is 0 Å². The second kappa shape index (κ2) is 8.62. The van der Waals surface area contributed by atoms with Crippen LogP contribution >= 0.6 is 11.8 Å². The van der Waals surface area contributed by atoms with E-state index in [-0.39, 0.29) is 13.0 Å². The minimum atomic E-state index is -0.928. The number of nitrogens with zero attached hydrogens (tertiary/aromatic N) is 1. The fourth-order valence-corrected chi connectivity index (χ4v) is 3.39. The highest BCUT2D eigenvalue weighted by Gasteiger charge is 2.37. The summed E-state index contributed by atoms with van der Waals surface area (Å²) < 4.78 is 10.6. The summed E-state index contributed by atoms with van der Waals surface area (Å²) in [6, 6.07) is 13.6. The molecule has 0 radical (unpaired) electrons. The number of aliphatic carboxylic acids is 1. The summed E-state index contributed by atoms with van der Waals surface area (Å²) in [5.41, 5.74) is 1.12. The lowest BCUT2D eigenvalue weighted by molar-refractivity contribution is -0.137. The van der Waals surface area contributed by atoms with Gasteiger partial charge >= 0.3 is 5.97 Å². The van der Waals surface area contributed by atoms with Crippen molar-refractivity contribution in [3.63, 3.8) is 0 Å². The highest BCUT2D eigenvalue weighted by molar-refractivity contribution is 8.19. The molecule has 2 aromatic rings. The average molecular weight is 399 g/mol. The molecule has 0 aliphatic carbocycles. The molecule has 8 heteroatoms. The maximum atomic E-state index is 12.7. The van der Waals surface area contributed by atoms with Crippen molar-refractivity contribution >= 4 is 40.6 Å². The number of carboxylic acid groups (broad SMARTS) is 1. The number of carbonyl (C=O) groups is 3. The Morgan fingerprint density at radius 1 is 1.14 bits per heavy atom. The van der Waals surface area contributed by atoms with Crippen molar-refractivity contribution in [2.75, 3.05) is 18.6 Å². The fraction of sp³-hybridized carbons (Fsp3) is 0.150. The Hall–Kier alpha value is -3.26. The van der Waals surface area contributed by atoms with Crippen molar-refractivity contribution in [3.8, 4) is 11.5 Å². The molecule has 0 atom stereocenters. The second-order valence-electron chi connectivity index (χ2n) is 5.75. The van der Waals surface area contributed by atoms with E-state index in [0.717, 1.165) is 22.2 Å². The number of hydrogen-bond donors (Lipinski definition) is 1. The summed E-state index contributed by atoms with van der Waals surface area (Å²) in [4.78, 5) is 37.0. The van der Waals surface area contributed by atoms with Crippen LogP contribution < -0.4 is 14.4 Å². The molecule has 1 heterocycles. The van der Waals surface area contributed by atoms with E-state index < -0.39 is 17.1 Å². The van der Waals surface area contributed by atoms with E-state index in [9.17, 15) is 14.4 Å². The molecule has 0 unspecified atom stereocenters. The Bertz CT molecular complexity index is 938. The number of para-hydroxylation sites is 2. The molecule has 1 N–H and O–H groups in total. The number of methoxy groups -OCH3 is 1. The third-order valence-corrected chi connectivity index (χ3v) is 4.75. The smallest absolute Gasteiger partial charge is 0.306 e. The second-order valence-corrected chi connectivity index (χ2v) is 6.74. The first-order chi connectivity index (χ1) is 13.5. The highest BCUT2D eigenvalue weighted by atomic mass is 32.2. The number of amides is 2. The molecule has 0 aromatic heterocycles. The first-order valence-corrected chi connectivity index (χ1v) is 9.17. The van der Waals surface area contributed by atoms with Gasteiger partial charge in [-0.25, -0.2) is 4.90 Å². The van der Waals surface area contributed by atoms with Gasteiger partial charge in [0.2, 0.25) is 0 Å². The van der Waals surface area contributed by atoms with Gasteiger partial charge in [0, 0.05) is 0 Å². The molecule has 0 bridgehead atoms. The number of rotatable bonds is 7. The maximum Gasteiger partial charge on any atom is 0.306 e. The summed E-state index contributed by atoms with van der Waals surface area (Å²) >= 11 is 0.858. The largest absolute Gasteiger partial charge is 0.495 e. The lowest BCUT2D eigenvalue weighted by Crippen LogP contribution is -2.28. The SMILES string of the molecule is COc1ccccc1N1C(=O)S/C(=C/c2ccc(OCCC(=O)O)cc2)C1=O. The Balaban J connectivity index is 1.75. The molecule has 7 nitrogen and oxygen atoms in total. The van der Waals surface area contributed by atoms with E-state index in [0.29, 0.717) is 22.1 Å². The molecule has 1 aliphatic heterocycles. The number of benzene rings is 2. The van der Waals surface area contributed by atoms with Crippen molar-refractivity contribution < 1.29 is 29.0 Å². The Morgan fingerprint density at radius 3 is 2.54 bits per heavy atom. The minimum Gasteiger partial charge on any atom is -0.495 e. The first kappa shape index (κ1) is 19.5. The van der Waals surface area contributed by atoms with E-state index in [2.05, 4.69) is 0 Å². The van der Waals surface area contributed by atoms with Crippen molar-refractivity contribution in [1.82, 2.24) is 0 Å². The summed E-state index contributed by atoms with van der Waals surface area (Å²) in [5, 5.41) is 8.22. The summed E-state index contributed by atoms with van der Waals surface area (Å²) in [6.07, 6.45) is 1.54. The van der Waals surface area contributed by atoms with Crippen molar-refractivity contribution in [2.45, 2.75) is 6.42 Å². The Morgan fingerprint density at radius 2 is 1.86 bits per heavy atom. The molecule has 0 saturated carbocycles. The average Bonchev–Trinajstić information content (AvgIpc) is 2.96. The van der Waals surface area contributed by atoms with Gasteiger partial charge in [-0.2, -0.15) is 0 Å². The molecule has 2 amide bonds. The van der Waals surface area contributed by atoms with E-state index in [4.69, 9.17) is 14.6 Å². The highest BCUT2D eigenvalue weighted by Crippen LogP contribution is 2.39. The number of thioether (sulfide) groups is 1. The molecule has 3 rings (SSSR count). The quantitative estimate of drug-likeness (QED) is 0.708. The van der Waals surface area contributed by atoms with Crippen LogP contribution in [0.5, 0.6) is 11.5 Å². The molecule has 28 heavy (non-hydrogen) atoms. The first-order valence-electron chi connectivity index (χ1n) is 8.35. The van der Waals surface area contributed by atoms with Crippen molar-refractivity contribution in [1.29, 1.82) is 0 Å². The zero-order valence-electron chi connectivity index (χ0n) is 15.0. The van der Waals surface area contributed by atoms with Crippen LogP contribution in [0.25, 0.3) is 6.08 Å². The molecular formula is C20H17NO6S. The van der Waals surface area contributed by atoms with Crippen LogP contribution in [-0.2, 0) is 9.59 Å². The monoisotopic (exact) mass is 399 g/mol. The van der Waals surface area contributed by atoms with Crippen LogP contribution in [0.1, 0.15) is 12.0 Å². The van der Waals surface area contributed by atoms with E-state index in [1.54, 1.807) is 54.6 Å². The lowest BCUT2D eigenvalue weighted by atomic mass is 10.2. The van der Waals surface area contributed by atoms with Crippen LogP contribution in [-0.4, -0.2) is 35.9 Å². The summed E-state index contributed by atoms with van der Waals surface area (Å²) in [5.74, 6) is -0.377. The number of ether oxygens (including phenoxy) is 2. The number of imide groups is 1. The molecule has 1 saturated heterocycles. The Kier molecular flexibility index (Phi) is 6.00. The number of carbonyl (C=O) groups excluding carboxylic acids is 2. The lowest BCUT2D eigenvalue weighted by Gasteiger charge is -2.15. The minimum absolute atomic E-state index is 0.0759. The topological polar surface area (TPSA) is 93.1 Å². The normalized spacial score (nSPS) is 15.2. The third kappa shape index (κ3) is 4.34. The predicted octanol–water partition coefficient (Wildman–Crippen LogP) is 3.79. The molecule has 1 aliphatic rings. The number of carboxylic acids is 1.